The van der Waals surface area contributed by atoms with Gasteiger partial charge in [0, 0.05) is 24.7 Å². The number of aromatic nitrogens is 3. The normalized spacial score (nSPS) is 11.7. The lowest BCUT2D eigenvalue weighted by atomic mass is 10.1. The fourth-order valence-corrected chi connectivity index (χ4v) is 2.80. The number of fused-ring (bicyclic) bond motifs is 1. The average Bonchev–Trinajstić information content (AvgIpc) is 2.96. The second-order valence-electron chi connectivity index (χ2n) is 6.62. The summed E-state index contributed by atoms with van der Waals surface area (Å²) in [7, 11) is 0. The largest absolute Gasteiger partial charge is 0.487 e. The molecule has 0 aliphatic carbocycles. The highest BCUT2D eigenvalue weighted by molar-refractivity contribution is 5.85. The zero-order chi connectivity index (χ0) is 19.6. The van der Waals surface area contributed by atoms with Crippen LogP contribution in [0.5, 0.6) is 5.75 Å². The van der Waals surface area contributed by atoms with Crippen molar-refractivity contribution < 1.29 is 18.3 Å². The molecule has 1 amide bonds. The molecule has 0 bridgehead atoms. The van der Waals surface area contributed by atoms with Crippen molar-refractivity contribution in [2.24, 2.45) is 5.73 Å². The highest BCUT2D eigenvalue weighted by atomic mass is 19.3. The molecule has 0 saturated heterocycles. The van der Waals surface area contributed by atoms with Crippen LogP contribution in [0.4, 0.5) is 8.78 Å². The van der Waals surface area contributed by atoms with Crippen molar-refractivity contribution in [3.05, 3.63) is 53.5 Å². The first kappa shape index (κ1) is 18.8. The van der Waals surface area contributed by atoms with Gasteiger partial charge in [-0.25, -0.2) is 8.78 Å². The molecule has 8 heteroatoms. The first-order valence-corrected chi connectivity index (χ1v) is 8.41. The van der Waals surface area contributed by atoms with Crippen molar-refractivity contribution in [1.82, 2.24) is 14.8 Å². The number of rotatable bonds is 7. The van der Waals surface area contributed by atoms with Gasteiger partial charge in [0.15, 0.2) is 6.61 Å². The molecule has 0 fully saturated rings. The molecule has 3 aromatic rings. The van der Waals surface area contributed by atoms with E-state index in [9.17, 15) is 13.6 Å². The van der Waals surface area contributed by atoms with Crippen LogP contribution in [0, 0.1) is 6.92 Å². The molecule has 0 aliphatic rings. The Kier molecular flexibility index (Phi) is 5.07. The summed E-state index contributed by atoms with van der Waals surface area (Å²) in [4.78, 5) is 15.4. The number of nitrogens with two attached hydrogens (primary N) is 1. The fourth-order valence-electron chi connectivity index (χ4n) is 2.80. The first-order valence-electron chi connectivity index (χ1n) is 8.41. The molecule has 1 aromatic carbocycles. The second-order valence-corrected chi connectivity index (χ2v) is 6.62. The molecule has 0 spiro atoms. The van der Waals surface area contributed by atoms with Gasteiger partial charge < -0.3 is 10.5 Å². The molecule has 0 atom stereocenters. The van der Waals surface area contributed by atoms with Crippen molar-refractivity contribution in [3.8, 4) is 5.75 Å². The highest BCUT2D eigenvalue weighted by Gasteiger charge is 2.22. The number of carbonyl (C=O) groups is 1. The minimum absolute atomic E-state index is 0.0518. The van der Waals surface area contributed by atoms with Crippen molar-refractivity contribution in [3.63, 3.8) is 0 Å². The highest BCUT2D eigenvalue weighted by Crippen LogP contribution is 2.23. The minimum Gasteiger partial charge on any atom is -0.487 e. The van der Waals surface area contributed by atoms with Crippen LogP contribution >= 0.6 is 0 Å². The van der Waals surface area contributed by atoms with Gasteiger partial charge in [0.2, 0.25) is 5.91 Å². The number of nitrogens with zero attached hydrogens (tertiary/aromatic N) is 3. The molecule has 6 nitrogen and oxygen atoms in total. The average molecular weight is 374 g/mol. The molecule has 0 unspecified atom stereocenters. The maximum atomic E-state index is 12.9. The van der Waals surface area contributed by atoms with E-state index < -0.39 is 18.4 Å². The van der Waals surface area contributed by atoms with Crippen LogP contribution in [0.15, 0.2) is 36.7 Å². The number of alkyl halides is 2. The summed E-state index contributed by atoms with van der Waals surface area (Å²) in [5, 5.41) is 5.27. The predicted octanol–water partition coefficient (Wildman–Crippen LogP) is 2.85. The molecular weight excluding hydrogens is 354 g/mol. The van der Waals surface area contributed by atoms with E-state index in [-0.39, 0.29) is 6.42 Å². The van der Waals surface area contributed by atoms with Gasteiger partial charge in [-0.05, 0) is 30.2 Å². The van der Waals surface area contributed by atoms with E-state index in [1.807, 2.05) is 18.3 Å². The van der Waals surface area contributed by atoms with E-state index in [0.29, 0.717) is 18.0 Å². The number of ether oxygens (including phenoxy) is 1. The predicted molar refractivity (Wildman–Crippen MR) is 96.8 cm³/mol. The lowest BCUT2D eigenvalue weighted by molar-refractivity contribution is -0.117. The third-order valence-corrected chi connectivity index (χ3v) is 3.97. The van der Waals surface area contributed by atoms with Crippen LogP contribution in [-0.2, 0) is 17.8 Å². The van der Waals surface area contributed by atoms with Gasteiger partial charge in [0.05, 0.1) is 24.2 Å². The third kappa shape index (κ3) is 4.78. The van der Waals surface area contributed by atoms with Gasteiger partial charge in [0.25, 0.3) is 5.92 Å². The number of benzene rings is 1. The van der Waals surface area contributed by atoms with Gasteiger partial charge >= 0.3 is 0 Å². The summed E-state index contributed by atoms with van der Waals surface area (Å²) in [6.45, 7) is 2.45. The molecule has 142 valence electrons. The van der Waals surface area contributed by atoms with Gasteiger partial charge in [-0.3, -0.25) is 14.5 Å². The van der Waals surface area contributed by atoms with Crippen LogP contribution in [0.1, 0.15) is 23.7 Å². The lowest BCUT2D eigenvalue weighted by Crippen LogP contribution is -2.21. The molecule has 0 aliphatic heterocycles. The van der Waals surface area contributed by atoms with Gasteiger partial charge in [-0.15, -0.1) is 0 Å². The van der Waals surface area contributed by atoms with Crippen molar-refractivity contribution in [2.75, 3.05) is 6.61 Å². The first-order chi connectivity index (χ1) is 12.7. The van der Waals surface area contributed by atoms with Crippen LogP contribution in [0.2, 0.25) is 0 Å². The summed E-state index contributed by atoms with van der Waals surface area (Å²) in [5.74, 6) is -2.90. The Bertz CT molecular complexity index is 979. The van der Waals surface area contributed by atoms with Crippen LogP contribution in [0.3, 0.4) is 0 Å². The van der Waals surface area contributed by atoms with Gasteiger partial charge in [0.1, 0.15) is 5.75 Å². The molecule has 0 radical (unpaired) electrons. The third-order valence-electron chi connectivity index (χ3n) is 3.97. The molecule has 27 heavy (non-hydrogen) atoms. The molecule has 2 aromatic heterocycles. The van der Waals surface area contributed by atoms with E-state index in [1.165, 1.54) is 0 Å². The standard InChI is InChI=1S/C19H20F2N4O2/c1-12-7-13(3-4-17(12)27-11-19(2,20)21)9-25-10-14-15(24-25)5-6-23-16(14)8-18(22)26/h3-7,10H,8-9,11H2,1-2H3,(H2,22,26). The quantitative estimate of drug-likeness (QED) is 0.689. The van der Waals surface area contributed by atoms with E-state index in [1.54, 1.807) is 29.9 Å². The topological polar surface area (TPSA) is 83.0 Å². The van der Waals surface area contributed by atoms with Crippen LogP contribution in [-0.4, -0.2) is 33.2 Å². The zero-order valence-corrected chi connectivity index (χ0v) is 15.1. The van der Waals surface area contributed by atoms with Crippen molar-refractivity contribution in [2.45, 2.75) is 32.7 Å². The zero-order valence-electron chi connectivity index (χ0n) is 15.1. The SMILES string of the molecule is Cc1cc(Cn2cc3c(CC(N)=O)nccc3n2)ccc1OCC(C)(F)F. The summed E-state index contributed by atoms with van der Waals surface area (Å²) in [6, 6.07) is 7.13. The van der Waals surface area contributed by atoms with Crippen molar-refractivity contribution in [1.29, 1.82) is 0 Å². The number of primary amides is 1. The second kappa shape index (κ2) is 7.30. The fraction of sp³-hybridized carbons (Fsp3) is 0.316. The van der Waals surface area contributed by atoms with Crippen LogP contribution < -0.4 is 10.5 Å². The molecule has 2 heterocycles. The van der Waals surface area contributed by atoms with Crippen molar-refractivity contribution >= 4 is 16.8 Å². The molecule has 3 rings (SSSR count). The Hall–Kier alpha value is -3.03. The number of hydrogen-bond acceptors (Lipinski definition) is 4. The number of carbonyl (C=O) groups excluding carboxylic acids is 1. The van der Waals surface area contributed by atoms with E-state index in [4.69, 9.17) is 10.5 Å². The van der Waals surface area contributed by atoms with Gasteiger partial charge in [-0.1, -0.05) is 12.1 Å². The number of aryl methyl sites for hydroxylation is 1. The number of hydrogen-bond donors (Lipinski definition) is 1. The van der Waals surface area contributed by atoms with Crippen LogP contribution in [0.25, 0.3) is 10.9 Å². The van der Waals surface area contributed by atoms with E-state index in [0.717, 1.165) is 29.0 Å². The van der Waals surface area contributed by atoms with E-state index >= 15 is 0 Å². The number of pyridine rings is 1. The summed E-state index contributed by atoms with van der Waals surface area (Å²) in [5.41, 5.74) is 8.29. The Morgan fingerprint density at radius 1 is 1.33 bits per heavy atom. The maximum absolute atomic E-state index is 12.9. The maximum Gasteiger partial charge on any atom is 0.278 e. The Morgan fingerprint density at radius 3 is 2.78 bits per heavy atom. The number of amides is 1. The lowest BCUT2D eigenvalue weighted by Gasteiger charge is -2.14. The van der Waals surface area contributed by atoms with E-state index in [2.05, 4.69) is 10.1 Å². The number of halogens is 2. The molecular formula is C19H20F2N4O2. The molecule has 0 saturated carbocycles. The smallest absolute Gasteiger partial charge is 0.278 e. The van der Waals surface area contributed by atoms with Gasteiger partial charge in [-0.2, -0.15) is 5.10 Å². The Balaban J connectivity index is 1.79. The Labute approximate surface area is 154 Å². The summed E-state index contributed by atoms with van der Waals surface area (Å²) in [6.07, 6.45) is 3.46. The summed E-state index contributed by atoms with van der Waals surface area (Å²) < 4.78 is 32.8. The minimum atomic E-state index is -2.88. The Morgan fingerprint density at radius 2 is 2.11 bits per heavy atom. The summed E-state index contributed by atoms with van der Waals surface area (Å²) >= 11 is 0. The monoisotopic (exact) mass is 374 g/mol. The molecule has 2 N–H and O–H groups in total.